The van der Waals surface area contributed by atoms with Crippen molar-refractivity contribution in [1.82, 2.24) is 14.7 Å². The smallest absolute Gasteiger partial charge is 0.475 e. The number of hydrogen-bond acceptors (Lipinski definition) is 6. The van der Waals surface area contributed by atoms with E-state index >= 15 is 0 Å². The summed E-state index contributed by atoms with van der Waals surface area (Å²) in [5, 5.41) is 7.12. The van der Waals surface area contributed by atoms with Crippen LogP contribution in [0.2, 0.25) is 0 Å². The van der Waals surface area contributed by atoms with E-state index in [2.05, 4.69) is 0 Å². The fourth-order valence-corrected chi connectivity index (χ4v) is 3.21. The largest absolute Gasteiger partial charge is 0.490 e. The number of carbonyl (C=O) groups is 3. The minimum atomic E-state index is -5.08. The molecule has 1 spiro atoms. The average molecular weight is 415 g/mol. The number of thioether (sulfide) groups is 1. The van der Waals surface area contributed by atoms with Crippen LogP contribution >= 0.6 is 11.8 Å². The molecule has 8 nitrogen and oxygen atoms in total. The van der Waals surface area contributed by atoms with Crippen LogP contribution < -0.4 is 0 Å². The van der Waals surface area contributed by atoms with Gasteiger partial charge >= 0.3 is 12.1 Å². The van der Waals surface area contributed by atoms with Crippen molar-refractivity contribution >= 4 is 29.5 Å². The first kappa shape index (κ1) is 23.5. The Labute approximate surface area is 159 Å². The second-order valence-corrected chi connectivity index (χ2v) is 7.51. The molecule has 0 aromatic rings. The number of carboxylic acid groups (broad SMARTS) is 1. The summed E-state index contributed by atoms with van der Waals surface area (Å²) in [4.78, 5) is 38.2. The van der Waals surface area contributed by atoms with Crippen LogP contribution in [0.4, 0.5) is 13.2 Å². The Morgan fingerprint density at radius 2 is 1.78 bits per heavy atom. The Hall–Kier alpha value is -1.53. The molecule has 2 fully saturated rings. The number of carbonyl (C=O) groups excluding carboxylic acids is 2. The standard InChI is InChI=1S/C13H23N3O3S.C2HF3O2/c1-14(2)12(18)10-5-19-13(7-15(10)3)8-16(9-13)11(17)6-20-4;3-2(4,5)1(6)7/h10H,5-9H2,1-4H3;(H,6,7). The van der Waals surface area contributed by atoms with Gasteiger partial charge in [-0.2, -0.15) is 24.9 Å². The third kappa shape index (κ3) is 6.25. The van der Waals surface area contributed by atoms with Crippen molar-refractivity contribution in [3.8, 4) is 0 Å². The van der Waals surface area contributed by atoms with Crippen molar-refractivity contribution in [1.29, 1.82) is 0 Å². The molecule has 0 radical (unpaired) electrons. The Morgan fingerprint density at radius 3 is 2.15 bits per heavy atom. The molecular weight excluding hydrogens is 391 g/mol. The first-order chi connectivity index (χ1) is 12.3. The summed E-state index contributed by atoms with van der Waals surface area (Å²) in [6.07, 6.45) is -3.16. The Bertz CT molecular complexity index is 567. The molecule has 2 saturated heterocycles. The molecule has 2 rings (SSSR count). The highest BCUT2D eigenvalue weighted by Gasteiger charge is 2.51. The average Bonchev–Trinajstić information content (AvgIpc) is 2.51. The maximum absolute atomic E-state index is 12.0. The molecule has 0 bridgehead atoms. The third-order valence-electron chi connectivity index (χ3n) is 4.16. The van der Waals surface area contributed by atoms with Gasteiger partial charge in [-0.25, -0.2) is 4.79 Å². The number of amides is 2. The molecule has 27 heavy (non-hydrogen) atoms. The van der Waals surface area contributed by atoms with Crippen molar-refractivity contribution in [2.75, 3.05) is 59.4 Å². The second-order valence-electron chi connectivity index (χ2n) is 6.64. The summed E-state index contributed by atoms with van der Waals surface area (Å²) in [5.41, 5.74) is -0.272. The lowest BCUT2D eigenvalue weighted by Gasteiger charge is -2.54. The van der Waals surface area contributed by atoms with Crippen LogP contribution in [-0.2, 0) is 19.1 Å². The predicted molar refractivity (Wildman–Crippen MR) is 92.4 cm³/mol. The first-order valence-corrected chi connectivity index (χ1v) is 9.34. The maximum Gasteiger partial charge on any atom is 0.490 e. The van der Waals surface area contributed by atoms with Crippen LogP contribution in [0, 0.1) is 0 Å². The van der Waals surface area contributed by atoms with Gasteiger partial charge in [-0.1, -0.05) is 0 Å². The van der Waals surface area contributed by atoms with Crippen molar-refractivity contribution in [2.24, 2.45) is 0 Å². The predicted octanol–water partition coefficient (Wildman–Crippen LogP) is -0.0175. The Kier molecular flexibility index (Phi) is 7.93. The number of morpholine rings is 1. The first-order valence-electron chi connectivity index (χ1n) is 7.95. The molecule has 1 atom stereocenters. The molecule has 2 aliphatic heterocycles. The number of nitrogens with zero attached hydrogens (tertiary/aromatic N) is 3. The number of halogens is 3. The van der Waals surface area contributed by atoms with E-state index in [1.165, 1.54) is 11.8 Å². The number of carboxylic acids is 1. The number of alkyl halides is 3. The van der Waals surface area contributed by atoms with Gasteiger partial charge in [-0.15, -0.1) is 0 Å². The zero-order valence-corrected chi connectivity index (χ0v) is 16.4. The lowest BCUT2D eigenvalue weighted by atomic mass is 9.90. The summed E-state index contributed by atoms with van der Waals surface area (Å²) >= 11 is 1.54. The highest BCUT2D eigenvalue weighted by molar-refractivity contribution is 7.99. The number of aliphatic carboxylic acids is 1. The molecule has 0 saturated carbocycles. The van der Waals surface area contributed by atoms with Gasteiger partial charge in [0.2, 0.25) is 11.8 Å². The molecule has 0 aromatic heterocycles. The van der Waals surface area contributed by atoms with Crippen molar-refractivity contribution in [2.45, 2.75) is 17.8 Å². The number of likely N-dealkylation sites (tertiary alicyclic amines) is 1. The number of likely N-dealkylation sites (N-methyl/N-ethyl adjacent to an activating group) is 2. The monoisotopic (exact) mass is 415 g/mol. The molecule has 0 aromatic carbocycles. The van der Waals surface area contributed by atoms with Gasteiger partial charge in [-0.05, 0) is 13.3 Å². The summed E-state index contributed by atoms with van der Waals surface area (Å²) in [5.74, 6) is -2.00. The summed E-state index contributed by atoms with van der Waals surface area (Å²) in [6.45, 7) is 2.37. The molecular formula is C15H24F3N3O5S. The van der Waals surface area contributed by atoms with Crippen molar-refractivity contribution in [3.63, 3.8) is 0 Å². The Morgan fingerprint density at radius 1 is 1.26 bits per heavy atom. The summed E-state index contributed by atoms with van der Waals surface area (Å²) in [6, 6.07) is -0.216. The van der Waals surface area contributed by atoms with Gasteiger partial charge < -0.3 is 19.6 Å². The zero-order valence-electron chi connectivity index (χ0n) is 15.6. The van der Waals surface area contributed by atoms with Crippen LogP contribution in [0.1, 0.15) is 0 Å². The molecule has 12 heteroatoms. The van der Waals surface area contributed by atoms with E-state index in [0.29, 0.717) is 32.0 Å². The fourth-order valence-electron chi connectivity index (χ4n) is 2.78. The van der Waals surface area contributed by atoms with E-state index < -0.39 is 12.1 Å². The van der Waals surface area contributed by atoms with Gasteiger partial charge in [0.05, 0.1) is 25.4 Å². The van der Waals surface area contributed by atoms with Crippen molar-refractivity contribution in [3.05, 3.63) is 0 Å². The van der Waals surface area contributed by atoms with Gasteiger partial charge in [0, 0.05) is 20.6 Å². The van der Waals surface area contributed by atoms with Crippen LogP contribution in [0.25, 0.3) is 0 Å². The van der Waals surface area contributed by atoms with Crippen LogP contribution in [0.15, 0.2) is 0 Å². The molecule has 2 aliphatic rings. The van der Waals surface area contributed by atoms with Crippen LogP contribution in [0.5, 0.6) is 0 Å². The topological polar surface area (TPSA) is 90.4 Å². The van der Waals surface area contributed by atoms with E-state index in [4.69, 9.17) is 14.6 Å². The van der Waals surface area contributed by atoms with Gasteiger partial charge in [0.25, 0.3) is 0 Å². The maximum atomic E-state index is 12.0. The van der Waals surface area contributed by atoms with Crippen molar-refractivity contribution < 1.29 is 37.4 Å². The third-order valence-corrected chi connectivity index (χ3v) is 4.70. The van der Waals surface area contributed by atoms with E-state index in [9.17, 15) is 22.8 Å². The van der Waals surface area contributed by atoms with E-state index in [1.54, 1.807) is 19.0 Å². The summed E-state index contributed by atoms with van der Waals surface area (Å²) in [7, 11) is 5.46. The van der Waals surface area contributed by atoms with Crippen LogP contribution in [0.3, 0.4) is 0 Å². The van der Waals surface area contributed by atoms with Crippen LogP contribution in [-0.4, -0.2) is 115 Å². The number of ether oxygens (including phenoxy) is 1. The lowest BCUT2D eigenvalue weighted by Crippen LogP contribution is -2.73. The van der Waals surface area contributed by atoms with Gasteiger partial charge in [0.1, 0.15) is 11.6 Å². The number of hydrogen-bond donors (Lipinski definition) is 1. The zero-order chi connectivity index (χ0) is 21.0. The highest BCUT2D eigenvalue weighted by atomic mass is 32.2. The summed E-state index contributed by atoms with van der Waals surface area (Å²) < 4.78 is 37.7. The van der Waals surface area contributed by atoms with E-state index in [1.807, 2.05) is 23.1 Å². The fraction of sp³-hybridized carbons (Fsp3) is 0.800. The second kappa shape index (κ2) is 9.11. The minimum Gasteiger partial charge on any atom is -0.475 e. The molecule has 0 aliphatic carbocycles. The number of rotatable bonds is 3. The van der Waals surface area contributed by atoms with Gasteiger partial charge in [0.15, 0.2) is 0 Å². The molecule has 2 amide bonds. The van der Waals surface area contributed by atoms with E-state index in [0.717, 1.165) is 0 Å². The quantitative estimate of drug-likeness (QED) is 0.693. The molecule has 156 valence electrons. The van der Waals surface area contributed by atoms with Gasteiger partial charge in [-0.3, -0.25) is 14.5 Å². The Balaban J connectivity index is 0.000000445. The molecule has 1 unspecified atom stereocenters. The SMILES string of the molecule is CSCC(=O)N1CC2(C1)CN(C)C(C(=O)N(C)C)CO2.O=C(O)C(F)(F)F. The normalized spacial score (nSPS) is 21.7. The molecule has 1 N–H and O–H groups in total. The highest BCUT2D eigenvalue weighted by Crippen LogP contribution is 2.31. The lowest BCUT2D eigenvalue weighted by molar-refractivity contribution is -0.201. The minimum absolute atomic E-state index is 0.0667. The molecule has 2 heterocycles. The van der Waals surface area contributed by atoms with E-state index in [-0.39, 0.29) is 23.5 Å².